The summed E-state index contributed by atoms with van der Waals surface area (Å²) >= 11 is 0. The molecule has 1 aromatic carbocycles. The van der Waals surface area contributed by atoms with E-state index in [2.05, 4.69) is 10.6 Å². The molecule has 1 atom stereocenters. The smallest absolute Gasteiger partial charge is 0.248 e. The van der Waals surface area contributed by atoms with Crippen LogP contribution in [0.15, 0.2) is 18.2 Å². The van der Waals surface area contributed by atoms with Crippen LogP contribution in [0.5, 0.6) is 5.75 Å². The van der Waals surface area contributed by atoms with Crippen LogP contribution in [0.2, 0.25) is 0 Å². The lowest BCUT2D eigenvalue weighted by atomic mass is 9.93. The van der Waals surface area contributed by atoms with Crippen molar-refractivity contribution in [3.05, 3.63) is 23.8 Å². The number of nitrogens with two attached hydrogens (primary N) is 1. The van der Waals surface area contributed by atoms with Crippen molar-refractivity contribution in [1.82, 2.24) is 5.32 Å². The fourth-order valence-corrected chi connectivity index (χ4v) is 2.66. The molecule has 6 nitrogen and oxygen atoms in total. The molecule has 114 valence electrons. The largest absolute Gasteiger partial charge is 0.495 e. The molecule has 1 heterocycles. The van der Waals surface area contributed by atoms with E-state index >= 15 is 0 Å². The van der Waals surface area contributed by atoms with E-state index in [0.717, 1.165) is 19.4 Å². The van der Waals surface area contributed by atoms with Crippen LogP contribution in [0.1, 0.15) is 36.5 Å². The van der Waals surface area contributed by atoms with Gasteiger partial charge in [-0.05, 0) is 44.0 Å². The molecule has 0 aromatic heterocycles. The van der Waals surface area contributed by atoms with E-state index in [1.165, 1.54) is 13.2 Å². The van der Waals surface area contributed by atoms with Crippen LogP contribution in [0.25, 0.3) is 0 Å². The van der Waals surface area contributed by atoms with Gasteiger partial charge in [0.15, 0.2) is 0 Å². The molecule has 1 aliphatic rings. The molecule has 0 saturated carbocycles. The molecular formula is C15H21N3O3. The van der Waals surface area contributed by atoms with E-state index in [1.54, 1.807) is 12.1 Å². The van der Waals surface area contributed by atoms with E-state index in [-0.39, 0.29) is 5.91 Å². The summed E-state index contributed by atoms with van der Waals surface area (Å²) in [6.45, 7) is 2.81. The van der Waals surface area contributed by atoms with E-state index in [0.29, 0.717) is 23.4 Å². The molecule has 0 spiro atoms. The summed E-state index contributed by atoms with van der Waals surface area (Å²) in [4.78, 5) is 23.8. The first-order valence-corrected chi connectivity index (χ1v) is 7.07. The van der Waals surface area contributed by atoms with Crippen molar-refractivity contribution in [3.8, 4) is 5.75 Å². The molecule has 1 saturated heterocycles. The number of amides is 2. The Balaban J connectivity index is 2.27. The van der Waals surface area contributed by atoms with Crippen LogP contribution in [0, 0.1) is 0 Å². The first kappa shape index (κ1) is 15.3. The zero-order chi connectivity index (χ0) is 15.5. The van der Waals surface area contributed by atoms with E-state index in [9.17, 15) is 9.59 Å². The Morgan fingerprint density at radius 1 is 1.48 bits per heavy atom. The van der Waals surface area contributed by atoms with Crippen molar-refractivity contribution in [2.24, 2.45) is 5.73 Å². The Hall–Kier alpha value is -2.08. The second-order valence-corrected chi connectivity index (χ2v) is 5.20. The minimum atomic E-state index is -0.548. The fraction of sp³-hybridized carbons (Fsp3) is 0.467. The number of carbonyl (C=O) groups is 2. The van der Waals surface area contributed by atoms with Gasteiger partial charge < -0.3 is 21.1 Å². The topological polar surface area (TPSA) is 93.5 Å². The van der Waals surface area contributed by atoms with Crippen molar-refractivity contribution < 1.29 is 14.3 Å². The van der Waals surface area contributed by atoms with E-state index in [1.807, 2.05) is 6.92 Å². The number of anilines is 1. The summed E-state index contributed by atoms with van der Waals surface area (Å²) < 4.78 is 5.22. The maximum atomic E-state index is 12.6. The third-order valence-electron chi connectivity index (χ3n) is 4.01. The summed E-state index contributed by atoms with van der Waals surface area (Å²) in [6.07, 6.45) is 2.48. The number of carbonyl (C=O) groups excluding carboxylic acids is 2. The molecule has 6 heteroatoms. The van der Waals surface area contributed by atoms with Gasteiger partial charge in [0.2, 0.25) is 11.8 Å². The number of hydrogen-bond acceptors (Lipinski definition) is 4. The molecule has 0 radical (unpaired) electrons. The van der Waals surface area contributed by atoms with Gasteiger partial charge in [0.05, 0.1) is 18.3 Å². The maximum absolute atomic E-state index is 12.6. The quantitative estimate of drug-likeness (QED) is 0.761. The first-order valence-electron chi connectivity index (χ1n) is 7.07. The van der Waals surface area contributed by atoms with Crippen molar-refractivity contribution in [1.29, 1.82) is 0 Å². The lowest BCUT2D eigenvalue weighted by Crippen LogP contribution is -2.50. The fourth-order valence-electron chi connectivity index (χ4n) is 2.66. The van der Waals surface area contributed by atoms with Gasteiger partial charge in [0.1, 0.15) is 5.75 Å². The lowest BCUT2D eigenvalue weighted by molar-refractivity contribution is -0.122. The molecule has 4 N–H and O–H groups in total. The molecule has 0 aliphatic carbocycles. The summed E-state index contributed by atoms with van der Waals surface area (Å²) in [5, 5.41) is 6.13. The summed E-state index contributed by atoms with van der Waals surface area (Å²) in [7, 11) is 1.51. The van der Waals surface area contributed by atoms with Crippen LogP contribution >= 0.6 is 0 Å². The Bertz CT molecular complexity index is 551. The van der Waals surface area contributed by atoms with Crippen LogP contribution in [0.3, 0.4) is 0 Å². The van der Waals surface area contributed by atoms with Crippen molar-refractivity contribution in [2.75, 3.05) is 19.0 Å². The molecule has 1 unspecified atom stereocenters. The summed E-state index contributed by atoms with van der Waals surface area (Å²) in [6, 6.07) is 4.73. The number of nitrogens with one attached hydrogen (secondary N) is 2. The zero-order valence-corrected chi connectivity index (χ0v) is 12.4. The molecule has 2 amide bonds. The number of primary amides is 1. The van der Waals surface area contributed by atoms with Gasteiger partial charge >= 0.3 is 0 Å². The van der Waals surface area contributed by atoms with Gasteiger partial charge in [0, 0.05) is 5.56 Å². The van der Waals surface area contributed by atoms with Crippen LogP contribution in [0.4, 0.5) is 5.69 Å². The van der Waals surface area contributed by atoms with Gasteiger partial charge in [-0.2, -0.15) is 0 Å². The second kappa shape index (κ2) is 6.13. The highest BCUT2D eigenvalue weighted by Crippen LogP contribution is 2.29. The minimum absolute atomic E-state index is 0.109. The van der Waals surface area contributed by atoms with Gasteiger partial charge in [0.25, 0.3) is 0 Å². The standard InChI is InChI=1S/C15H21N3O3/c1-3-15(7-4-8-17-15)14(20)18-11-9-10(13(16)19)5-6-12(11)21-2/h5-6,9,17H,3-4,7-8H2,1-2H3,(H2,16,19)(H,18,20). The van der Waals surface area contributed by atoms with Crippen LogP contribution in [-0.4, -0.2) is 31.0 Å². The van der Waals surface area contributed by atoms with Gasteiger partial charge in [-0.1, -0.05) is 6.92 Å². The average Bonchev–Trinajstić information content (AvgIpc) is 2.97. The highest BCUT2D eigenvalue weighted by Gasteiger charge is 2.39. The second-order valence-electron chi connectivity index (χ2n) is 5.20. The molecule has 21 heavy (non-hydrogen) atoms. The molecule has 1 fully saturated rings. The Morgan fingerprint density at radius 2 is 2.24 bits per heavy atom. The average molecular weight is 291 g/mol. The van der Waals surface area contributed by atoms with E-state index in [4.69, 9.17) is 10.5 Å². The van der Waals surface area contributed by atoms with Crippen molar-refractivity contribution in [3.63, 3.8) is 0 Å². The number of rotatable bonds is 5. The number of hydrogen-bond donors (Lipinski definition) is 3. The number of ether oxygens (including phenoxy) is 1. The number of methoxy groups -OCH3 is 1. The monoisotopic (exact) mass is 291 g/mol. The van der Waals surface area contributed by atoms with Crippen molar-refractivity contribution >= 4 is 17.5 Å². The zero-order valence-electron chi connectivity index (χ0n) is 12.4. The molecule has 2 rings (SSSR count). The lowest BCUT2D eigenvalue weighted by Gasteiger charge is -2.27. The molecule has 0 bridgehead atoms. The van der Waals surface area contributed by atoms with Crippen molar-refractivity contribution in [2.45, 2.75) is 31.7 Å². The summed E-state index contributed by atoms with van der Waals surface area (Å²) in [5.74, 6) is -0.155. The first-order chi connectivity index (χ1) is 10.0. The van der Waals surface area contributed by atoms with Crippen LogP contribution in [-0.2, 0) is 4.79 Å². The molecule has 1 aliphatic heterocycles. The van der Waals surface area contributed by atoms with Gasteiger partial charge in [-0.3, -0.25) is 9.59 Å². The van der Waals surface area contributed by atoms with Gasteiger partial charge in [-0.15, -0.1) is 0 Å². The highest BCUT2D eigenvalue weighted by molar-refractivity contribution is 6.01. The highest BCUT2D eigenvalue weighted by atomic mass is 16.5. The Labute approximate surface area is 124 Å². The molecule has 1 aromatic rings. The summed E-state index contributed by atoms with van der Waals surface area (Å²) in [5.41, 5.74) is 5.51. The molecular weight excluding hydrogens is 270 g/mol. The normalized spacial score (nSPS) is 21.0. The van der Waals surface area contributed by atoms with E-state index < -0.39 is 11.4 Å². The third-order valence-corrected chi connectivity index (χ3v) is 4.01. The predicted octanol–water partition coefficient (Wildman–Crippen LogP) is 1.26. The Kier molecular flexibility index (Phi) is 4.47. The maximum Gasteiger partial charge on any atom is 0.248 e. The number of benzene rings is 1. The predicted molar refractivity (Wildman–Crippen MR) is 80.4 cm³/mol. The SMILES string of the molecule is CCC1(C(=O)Nc2cc(C(N)=O)ccc2OC)CCCN1. The Morgan fingerprint density at radius 3 is 2.76 bits per heavy atom. The third kappa shape index (κ3) is 3.00. The van der Waals surface area contributed by atoms with Crippen LogP contribution < -0.4 is 21.1 Å². The van der Waals surface area contributed by atoms with Gasteiger partial charge in [-0.25, -0.2) is 0 Å². The minimum Gasteiger partial charge on any atom is -0.495 e.